The van der Waals surface area contributed by atoms with E-state index in [1.165, 1.54) is 11.5 Å². The zero-order valence-corrected chi connectivity index (χ0v) is 8.83. The molecule has 0 radical (unpaired) electrons. The van der Waals surface area contributed by atoms with Crippen molar-refractivity contribution < 1.29 is 0 Å². The quantitative estimate of drug-likeness (QED) is 0.718. The number of aromatic nitrogens is 1. The van der Waals surface area contributed by atoms with Crippen molar-refractivity contribution >= 4 is 34.7 Å². The maximum absolute atomic E-state index is 5.84. The van der Waals surface area contributed by atoms with Crippen molar-refractivity contribution in [1.82, 2.24) is 4.37 Å². The Morgan fingerprint density at radius 2 is 2.00 bits per heavy atom. The topological polar surface area (TPSA) is 12.9 Å². The van der Waals surface area contributed by atoms with Gasteiger partial charge in [-0.3, -0.25) is 0 Å². The number of hydrogen-bond donors (Lipinski definition) is 0. The lowest BCUT2D eigenvalue weighted by atomic mass is 10.2. The van der Waals surface area contributed by atoms with Gasteiger partial charge in [-0.05, 0) is 29.7 Å². The Bertz CT molecular complexity index is 425. The molecule has 0 spiro atoms. The molecule has 1 heterocycles. The van der Waals surface area contributed by atoms with Crippen molar-refractivity contribution in [2.24, 2.45) is 0 Å². The molecule has 0 fully saturated rings. The van der Waals surface area contributed by atoms with Crippen molar-refractivity contribution in [2.45, 2.75) is 0 Å². The first-order chi connectivity index (χ1) is 6.25. The van der Waals surface area contributed by atoms with Gasteiger partial charge in [-0.2, -0.15) is 4.37 Å². The van der Waals surface area contributed by atoms with Crippen LogP contribution in [0.1, 0.15) is 0 Å². The van der Waals surface area contributed by atoms with Crippen LogP contribution in [-0.4, -0.2) is 4.37 Å². The molecule has 2 rings (SSSR count). The van der Waals surface area contributed by atoms with Gasteiger partial charge in [0.2, 0.25) is 0 Å². The molecule has 0 aliphatic rings. The van der Waals surface area contributed by atoms with Crippen LogP contribution in [0.3, 0.4) is 0 Å². The maximum atomic E-state index is 5.84. The van der Waals surface area contributed by atoms with Gasteiger partial charge in [-0.1, -0.05) is 35.3 Å². The Balaban J connectivity index is 2.46. The predicted octanol–water partition coefficient (Wildman–Crippen LogP) is 4.12. The molecule has 0 amide bonds. The van der Waals surface area contributed by atoms with E-state index >= 15 is 0 Å². The fourth-order valence-corrected chi connectivity index (χ4v) is 1.94. The van der Waals surface area contributed by atoms with Gasteiger partial charge < -0.3 is 0 Å². The smallest absolute Gasteiger partial charge is 0.114 e. The second-order valence-corrected chi connectivity index (χ2v) is 4.40. The van der Waals surface area contributed by atoms with Crippen molar-refractivity contribution in [1.29, 1.82) is 0 Å². The molecule has 13 heavy (non-hydrogen) atoms. The molecule has 1 aromatic heterocycles. The van der Waals surface area contributed by atoms with Gasteiger partial charge in [0.1, 0.15) is 4.34 Å². The predicted molar refractivity (Wildman–Crippen MR) is 57.6 cm³/mol. The molecular weight excluding hydrogens is 225 g/mol. The van der Waals surface area contributed by atoms with Crippen molar-refractivity contribution in [2.75, 3.05) is 0 Å². The largest absolute Gasteiger partial charge is 0.191 e. The Hall–Kier alpha value is -0.570. The summed E-state index contributed by atoms with van der Waals surface area (Å²) in [4.78, 5) is 0. The first-order valence-electron chi connectivity index (χ1n) is 3.64. The monoisotopic (exact) mass is 229 g/mol. The summed E-state index contributed by atoms with van der Waals surface area (Å²) >= 11 is 12.9. The Labute approximate surface area is 90.1 Å². The van der Waals surface area contributed by atoms with Gasteiger partial charge in [0, 0.05) is 10.6 Å². The summed E-state index contributed by atoms with van der Waals surface area (Å²) in [7, 11) is 0. The van der Waals surface area contributed by atoms with Crippen LogP contribution in [0.2, 0.25) is 9.36 Å². The fourth-order valence-electron chi connectivity index (χ4n) is 1.04. The van der Waals surface area contributed by atoms with Crippen LogP contribution in [0, 0.1) is 0 Å². The molecule has 2 aromatic rings. The SMILES string of the molecule is Clc1cccc(-c2cc(Cl)sn2)c1. The molecule has 0 bridgehead atoms. The Morgan fingerprint density at radius 1 is 1.15 bits per heavy atom. The molecule has 0 atom stereocenters. The lowest BCUT2D eigenvalue weighted by Gasteiger charge is -1.95. The third kappa shape index (κ3) is 2.02. The zero-order valence-electron chi connectivity index (χ0n) is 6.50. The van der Waals surface area contributed by atoms with Crippen molar-refractivity contribution in [3.63, 3.8) is 0 Å². The lowest BCUT2D eigenvalue weighted by Crippen LogP contribution is -1.74. The van der Waals surface area contributed by atoms with Gasteiger partial charge in [-0.15, -0.1) is 0 Å². The minimum absolute atomic E-state index is 0.690. The van der Waals surface area contributed by atoms with Gasteiger partial charge in [-0.25, -0.2) is 0 Å². The number of hydrogen-bond acceptors (Lipinski definition) is 2. The normalized spacial score (nSPS) is 10.3. The van der Waals surface area contributed by atoms with Crippen LogP contribution < -0.4 is 0 Å². The summed E-state index contributed by atoms with van der Waals surface area (Å²) in [6.07, 6.45) is 0. The number of benzene rings is 1. The lowest BCUT2D eigenvalue weighted by molar-refractivity contribution is 1.52. The highest BCUT2D eigenvalue weighted by Crippen LogP contribution is 2.26. The van der Waals surface area contributed by atoms with Gasteiger partial charge in [0.25, 0.3) is 0 Å². The highest BCUT2D eigenvalue weighted by Gasteiger charge is 2.02. The molecule has 66 valence electrons. The van der Waals surface area contributed by atoms with E-state index in [9.17, 15) is 0 Å². The van der Waals surface area contributed by atoms with Crippen LogP contribution in [0.15, 0.2) is 30.3 Å². The third-order valence-corrected chi connectivity index (χ3v) is 2.73. The molecule has 1 aromatic carbocycles. The molecule has 1 nitrogen and oxygen atoms in total. The Kier molecular flexibility index (Phi) is 2.54. The summed E-state index contributed by atoms with van der Waals surface area (Å²) in [6, 6.07) is 9.38. The van der Waals surface area contributed by atoms with E-state index in [0.29, 0.717) is 9.36 Å². The standard InChI is InChI=1S/C9H5Cl2NS/c10-7-3-1-2-6(4-7)8-5-9(11)13-12-8/h1-5H. The molecule has 0 aliphatic carbocycles. The molecule has 4 heteroatoms. The summed E-state index contributed by atoms with van der Waals surface area (Å²) in [6.45, 7) is 0. The van der Waals surface area contributed by atoms with Crippen molar-refractivity contribution in [3.05, 3.63) is 39.7 Å². The minimum atomic E-state index is 0.690. The van der Waals surface area contributed by atoms with E-state index in [1.54, 1.807) is 0 Å². The summed E-state index contributed by atoms with van der Waals surface area (Å²) in [5, 5.41) is 0.710. The second kappa shape index (κ2) is 3.66. The number of rotatable bonds is 1. The van der Waals surface area contributed by atoms with E-state index in [2.05, 4.69) is 4.37 Å². The van der Waals surface area contributed by atoms with E-state index in [0.717, 1.165) is 11.3 Å². The van der Waals surface area contributed by atoms with Gasteiger partial charge >= 0.3 is 0 Å². The number of halogens is 2. The average molecular weight is 230 g/mol. The van der Waals surface area contributed by atoms with Crippen LogP contribution >= 0.6 is 34.7 Å². The van der Waals surface area contributed by atoms with Crippen LogP contribution in [0.25, 0.3) is 11.3 Å². The highest BCUT2D eigenvalue weighted by molar-refractivity contribution is 7.10. The molecular formula is C9H5Cl2NS. The summed E-state index contributed by atoms with van der Waals surface area (Å²) in [5.74, 6) is 0. The van der Waals surface area contributed by atoms with E-state index in [4.69, 9.17) is 23.2 Å². The third-order valence-electron chi connectivity index (χ3n) is 1.60. The van der Waals surface area contributed by atoms with Crippen molar-refractivity contribution in [3.8, 4) is 11.3 Å². The first-order valence-corrected chi connectivity index (χ1v) is 5.17. The van der Waals surface area contributed by atoms with E-state index < -0.39 is 0 Å². The molecule has 0 saturated heterocycles. The second-order valence-electron chi connectivity index (χ2n) is 2.53. The molecule has 0 aliphatic heterocycles. The highest BCUT2D eigenvalue weighted by atomic mass is 35.5. The van der Waals surface area contributed by atoms with E-state index in [-0.39, 0.29) is 0 Å². The average Bonchev–Trinajstić information content (AvgIpc) is 2.52. The van der Waals surface area contributed by atoms with Gasteiger partial charge in [0.05, 0.1) is 5.69 Å². The van der Waals surface area contributed by atoms with Crippen LogP contribution in [0.5, 0.6) is 0 Å². The maximum Gasteiger partial charge on any atom is 0.114 e. The Morgan fingerprint density at radius 3 is 2.62 bits per heavy atom. The summed E-state index contributed by atoms with van der Waals surface area (Å²) < 4.78 is 4.87. The minimum Gasteiger partial charge on any atom is -0.191 e. The summed E-state index contributed by atoms with van der Waals surface area (Å²) in [5.41, 5.74) is 1.87. The van der Waals surface area contributed by atoms with Crippen LogP contribution in [0.4, 0.5) is 0 Å². The van der Waals surface area contributed by atoms with Gasteiger partial charge in [0.15, 0.2) is 0 Å². The zero-order chi connectivity index (χ0) is 9.26. The first kappa shape index (κ1) is 9.00. The molecule has 0 N–H and O–H groups in total. The van der Waals surface area contributed by atoms with Crippen LogP contribution in [-0.2, 0) is 0 Å². The fraction of sp³-hybridized carbons (Fsp3) is 0. The molecule has 0 unspecified atom stereocenters. The van der Waals surface area contributed by atoms with E-state index in [1.807, 2.05) is 30.3 Å². The molecule has 0 saturated carbocycles. The number of nitrogens with zero attached hydrogens (tertiary/aromatic N) is 1.